The quantitative estimate of drug-likeness (QED) is 0.541. The summed E-state index contributed by atoms with van der Waals surface area (Å²) < 4.78 is 24.4. The van der Waals surface area contributed by atoms with E-state index in [1.165, 1.54) is 18.5 Å². The lowest BCUT2D eigenvalue weighted by Crippen LogP contribution is -2.28. The fourth-order valence-electron chi connectivity index (χ4n) is 2.91. The number of nitrogens with one attached hydrogen (secondary N) is 1. The second-order valence-corrected chi connectivity index (χ2v) is 6.45. The van der Waals surface area contributed by atoms with Gasteiger partial charge < -0.3 is 14.6 Å². The van der Waals surface area contributed by atoms with Gasteiger partial charge in [-0.1, -0.05) is 47.1 Å². The fourth-order valence-corrected chi connectivity index (χ4v) is 2.91. The molecule has 4 aromatic rings. The average molecular weight is 392 g/mol. The van der Waals surface area contributed by atoms with Gasteiger partial charge in [-0.05, 0) is 24.6 Å². The van der Waals surface area contributed by atoms with Crippen LogP contribution in [0.3, 0.4) is 0 Å². The number of benzene rings is 2. The molecule has 2 aromatic carbocycles. The molecule has 0 aliphatic rings. The predicted octanol–water partition coefficient (Wildman–Crippen LogP) is 3.43. The zero-order valence-electron chi connectivity index (χ0n) is 15.6. The molecule has 146 valence electrons. The van der Waals surface area contributed by atoms with E-state index in [4.69, 9.17) is 9.26 Å². The molecule has 0 atom stereocenters. The van der Waals surface area contributed by atoms with E-state index < -0.39 is 5.82 Å². The van der Waals surface area contributed by atoms with Gasteiger partial charge in [0.25, 0.3) is 11.6 Å². The van der Waals surface area contributed by atoms with E-state index in [1.54, 1.807) is 12.1 Å². The molecule has 0 aliphatic heterocycles. The van der Waals surface area contributed by atoms with Crippen molar-refractivity contribution in [2.75, 3.05) is 6.61 Å². The molecule has 29 heavy (non-hydrogen) atoms. The van der Waals surface area contributed by atoms with Crippen molar-refractivity contribution in [3.63, 3.8) is 0 Å². The zero-order chi connectivity index (χ0) is 20.2. The Bertz CT molecular complexity index is 1180. The first-order chi connectivity index (χ1) is 14.1. The lowest BCUT2D eigenvalue weighted by atomic mass is 10.1. The number of rotatable bonds is 6. The van der Waals surface area contributed by atoms with Gasteiger partial charge in [0.1, 0.15) is 23.2 Å². The summed E-state index contributed by atoms with van der Waals surface area (Å²) in [5.41, 5.74) is 3.14. The minimum Gasteiger partial charge on any atom is -0.467 e. The molecule has 2 heterocycles. The number of fused-ring (bicyclic) bond motifs is 1. The van der Waals surface area contributed by atoms with Crippen LogP contribution in [0.1, 0.15) is 11.1 Å². The first-order valence-electron chi connectivity index (χ1n) is 8.91. The number of hydrogen-bond acceptors (Lipinski definition) is 6. The van der Waals surface area contributed by atoms with Gasteiger partial charge in [0, 0.05) is 12.1 Å². The van der Waals surface area contributed by atoms with E-state index in [1.807, 2.05) is 31.2 Å². The highest BCUT2D eigenvalue weighted by atomic mass is 19.1. The van der Waals surface area contributed by atoms with Gasteiger partial charge in [-0.25, -0.2) is 9.37 Å². The Labute approximate surface area is 165 Å². The molecule has 0 saturated carbocycles. The molecule has 4 rings (SSSR count). The highest BCUT2D eigenvalue weighted by Crippen LogP contribution is 2.32. The van der Waals surface area contributed by atoms with Crippen LogP contribution in [0, 0.1) is 12.7 Å². The zero-order valence-corrected chi connectivity index (χ0v) is 15.6. The molecule has 0 spiro atoms. The first kappa shape index (κ1) is 18.5. The highest BCUT2D eigenvalue weighted by molar-refractivity contribution is 5.93. The van der Waals surface area contributed by atoms with Crippen LogP contribution in [0.4, 0.5) is 4.39 Å². The second kappa shape index (κ2) is 8.05. The number of ether oxygens (including phenoxy) is 1. The number of hydrogen-bond donors (Lipinski definition) is 1. The van der Waals surface area contributed by atoms with E-state index in [2.05, 4.69) is 20.4 Å². The number of aromatic nitrogens is 3. The Morgan fingerprint density at radius 3 is 2.86 bits per heavy atom. The van der Waals surface area contributed by atoms with Crippen molar-refractivity contribution in [1.82, 2.24) is 20.4 Å². The Kier molecular flexibility index (Phi) is 5.15. The fraction of sp³-hybridized carbons (Fsp3) is 0.143. The minimum absolute atomic E-state index is 0.140. The van der Waals surface area contributed by atoms with Crippen LogP contribution in [0.15, 0.2) is 59.4 Å². The summed E-state index contributed by atoms with van der Waals surface area (Å²) in [5, 5.41) is 7.13. The Morgan fingerprint density at radius 2 is 2.03 bits per heavy atom. The summed E-state index contributed by atoms with van der Waals surface area (Å²) >= 11 is 0. The number of halogens is 1. The van der Waals surface area contributed by atoms with Crippen LogP contribution in [-0.2, 0) is 11.3 Å². The molecule has 0 radical (unpaired) electrons. The molecule has 0 aliphatic carbocycles. The maximum atomic E-state index is 13.6. The van der Waals surface area contributed by atoms with E-state index in [0.717, 1.165) is 11.1 Å². The summed E-state index contributed by atoms with van der Waals surface area (Å²) in [4.78, 5) is 20.3. The van der Waals surface area contributed by atoms with Gasteiger partial charge in [0.2, 0.25) is 5.88 Å². The summed E-state index contributed by atoms with van der Waals surface area (Å²) in [5.74, 6) is -0.572. The maximum Gasteiger partial charge on any atom is 0.265 e. The van der Waals surface area contributed by atoms with Crippen LogP contribution < -0.4 is 10.1 Å². The van der Waals surface area contributed by atoms with Crippen LogP contribution in [-0.4, -0.2) is 27.6 Å². The van der Waals surface area contributed by atoms with Gasteiger partial charge >= 0.3 is 0 Å². The summed E-state index contributed by atoms with van der Waals surface area (Å²) in [7, 11) is 0. The molecule has 8 heteroatoms. The topological polar surface area (TPSA) is 90.1 Å². The van der Waals surface area contributed by atoms with Crippen molar-refractivity contribution in [2.45, 2.75) is 13.5 Å². The molecule has 7 nitrogen and oxygen atoms in total. The molecule has 0 unspecified atom stereocenters. The molecule has 0 saturated heterocycles. The summed E-state index contributed by atoms with van der Waals surface area (Å²) in [6.07, 6.45) is 1.25. The number of carbonyl (C=O) groups excluding carboxylic acids is 1. The van der Waals surface area contributed by atoms with Crippen molar-refractivity contribution in [2.24, 2.45) is 0 Å². The Morgan fingerprint density at radius 1 is 1.17 bits per heavy atom. The van der Waals surface area contributed by atoms with Gasteiger partial charge in [-0.3, -0.25) is 4.79 Å². The Balaban J connectivity index is 1.49. The van der Waals surface area contributed by atoms with Crippen LogP contribution in [0.25, 0.3) is 22.4 Å². The van der Waals surface area contributed by atoms with Crippen molar-refractivity contribution >= 4 is 17.0 Å². The van der Waals surface area contributed by atoms with Gasteiger partial charge in [-0.2, -0.15) is 4.98 Å². The van der Waals surface area contributed by atoms with E-state index in [0.29, 0.717) is 23.2 Å². The number of carbonyl (C=O) groups is 1. The van der Waals surface area contributed by atoms with Gasteiger partial charge in [-0.15, -0.1) is 0 Å². The van der Waals surface area contributed by atoms with Crippen molar-refractivity contribution in [3.05, 3.63) is 71.8 Å². The SMILES string of the molecule is Cc1cccc(CNC(=O)COc2ncnc3onc(-c4cccc(F)c4)c23)c1. The molecule has 1 N–H and O–H groups in total. The third kappa shape index (κ3) is 4.21. The lowest BCUT2D eigenvalue weighted by molar-refractivity contribution is -0.123. The number of aryl methyl sites for hydroxylation is 1. The molecule has 2 aromatic heterocycles. The smallest absolute Gasteiger partial charge is 0.265 e. The second-order valence-electron chi connectivity index (χ2n) is 6.45. The third-order valence-corrected chi connectivity index (χ3v) is 4.25. The van der Waals surface area contributed by atoms with Crippen LogP contribution in [0.5, 0.6) is 5.88 Å². The molecular formula is C21H17FN4O3. The summed E-state index contributed by atoms with van der Waals surface area (Å²) in [6.45, 7) is 2.14. The van der Waals surface area contributed by atoms with Gasteiger partial charge in [0.15, 0.2) is 6.61 Å². The first-order valence-corrected chi connectivity index (χ1v) is 8.91. The van der Waals surface area contributed by atoms with E-state index in [9.17, 15) is 9.18 Å². The number of amides is 1. The van der Waals surface area contributed by atoms with Gasteiger partial charge in [0.05, 0.1) is 0 Å². The van der Waals surface area contributed by atoms with Crippen molar-refractivity contribution in [1.29, 1.82) is 0 Å². The molecule has 0 fully saturated rings. The Hall–Kier alpha value is -3.81. The van der Waals surface area contributed by atoms with Crippen molar-refractivity contribution in [3.8, 4) is 17.1 Å². The summed E-state index contributed by atoms with van der Waals surface area (Å²) in [6, 6.07) is 13.8. The standard InChI is InChI=1S/C21H17FN4O3/c1-13-4-2-5-14(8-13)10-23-17(27)11-28-20-18-19(15-6-3-7-16(22)9-15)26-29-21(18)25-12-24-20/h2-9,12H,10-11H2,1H3,(H,23,27). The minimum atomic E-state index is -0.409. The average Bonchev–Trinajstić information content (AvgIpc) is 3.16. The van der Waals surface area contributed by atoms with Crippen LogP contribution in [0.2, 0.25) is 0 Å². The third-order valence-electron chi connectivity index (χ3n) is 4.25. The highest BCUT2D eigenvalue weighted by Gasteiger charge is 2.19. The monoisotopic (exact) mass is 392 g/mol. The van der Waals surface area contributed by atoms with Crippen molar-refractivity contribution < 1.29 is 18.4 Å². The molecule has 1 amide bonds. The van der Waals surface area contributed by atoms with Crippen LogP contribution >= 0.6 is 0 Å². The predicted molar refractivity (Wildman–Crippen MR) is 104 cm³/mol. The van der Waals surface area contributed by atoms with E-state index in [-0.39, 0.29) is 24.1 Å². The van der Waals surface area contributed by atoms with E-state index >= 15 is 0 Å². The number of nitrogens with zero attached hydrogens (tertiary/aromatic N) is 3. The molecule has 0 bridgehead atoms. The normalized spacial score (nSPS) is 10.8. The molecular weight excluding hydrogens is 375 g/mol. The largest absolute Gasteiger partial charge is 0.467 e. The lowest BCUT2D eigenvalue weighted by Gasteiger charge is -2.08. The maximum absolute atomic E-state index is 13.6.